The van der Waals surface area contributed by atoms with E-state index < -0.39 is 205 Å². The minimum Gasteiger partial charge on any atom is -0.493 e. The second-order valence-electron chi connectivity index (χ2n) is 16.3. The normalized spacial score (nSPS) is 52.6. The van der Waals surface area contributed by atoms with Crippen molar-refractivity contribution in [3.8, 4) is 0 Å². The number of hydrogen-bond donors (Lipinski definition) is 17. The van der Waals surface area contributed by atoms with Gasteiger partial charge < -0.3 is 140 Å². The molecule has 17 unspecified atom stereocenters. The van der Waals surface area contributed by atoms with Gasteiger partial charge in [-0.15, -0.1) is 0 Å². The number of nitrogens with two attached hydrogens (primary N) is 1. The zero-order valence-electron chi connectivity index (χ0n) is 34.1. The molecule has 6 aliphatic heterocycles. The molecular weight excluding hydrogens is 878 g/mol. The van der Waals surface area contributed by atoms with Crippen molar-refractivity contribution in [2.75, 3.05) is 33.0 Å². The first-order valence-corrected chi connectivity index (χ1v) is 20.6. The summed E-state index contributed by atoms with van der Waals surface area (Å²) in [5.74, 6) is 0. The van der Waals surface area contributed by atoms with Gasteiger partial charge in [0.05, 0.1) is 51.4 Å². The third kappa shape index (κ3) is 10.5. The summed E-state index contributed by atoms with van der Waals surface area (Å²) < 4.78 is 62.3. The van der Waals surface area contributed by atoms with Crippen molar-refractivity contribution in [3.63, 3.8) is 0 Å². The monoisotopic (exact) mass is 939 g/mol. The summed E-state index contributed by atoms with van der Waals surface area (Å²) in [7, 11) is 0. The number of ether oxygens (including phenoxy) is 11. The smallest absolute Gasteiger partial charge is 0.187 e. The Hall–Kier alpha value is -1.54. The third-order valence-corrected chi connectivity index (χ3v) is 12.0. The van der Waals surface area contributed by atoms with Crippen molar-refractivity contribution < 1.29 is 134 Å². The lowest BCUT2D eigenvalue weighted by molar-refractivity contribution is -0.390. The van der Waals surface area contributed by atoms with Crippen molar-refractivity contribution in [3.05, 3.63) is 12.3 Å². The minimum atomic E-state index is -2.10. The van der Waals surface area contributed by atoms with Crippen LogP contribution in [0.3, 0.4) is 0 Å². The molecule has 372 valence electrons. The highest BCUT2D eigenvalue weighted by molar-refractivity contribution is 5.01. The summed E-state index contributed by atoms with van der Waals surface area (Å²) in [6, 6.07) is -1.70. The van der Waals surface area contributed by atoms with E-state index in [1.165, 1.54) is 13.0 Å². The van der Waals surface area contributed by atoms with Crippen LogP contribution in [0.2, 0.25) is 0 Å². The van der Waals surface area contributed by atoms with E-state index in [4.69, 9.17) is 57.8 Å². The van der Waals surface area contributed by atoms with E-state index in [-0.39, 0.29) is 0 Å². The molecule has 28 atom stereocenters. The zero-order valence-corrected chi connectivity index (χ0v) is 34.1. The molecule has 0 aromatic rings. The minimum absolute atomic E-state index is 0.623. The first-order valence-electron chi connectivity index (χ1n) is 20.6. The Bertz CT molecular complexity index is 1470. The van der Waals surface area contributed by atoms with Gasteiger partial charge in [0, 0.05) is 0 Å². The van der Waals surface area contributed by atoms with Gasteiger partial charge in [0.15, 0.2) is 31.5 Å². The van der Waals surface area contributed by atoms with Gasteiger partial charge in [-0.25, -0.2) is 0 Å². The average Bonchev–Trinajstić information content (AvgIpc) is 3.28. The highest BCUT2D eigenvalue weighted by Crippen LogP contribution is 2.36. The van der Waals surface area contributed by atoms with Crippen LogP contribution in [0.25, 0.3) is 0 Å². The van der Waals surface area contributed by atoms with Gasteiger partial charge in [0.25, 0.3) is 0 Å². The third-order valence-electron chi connectivity index (χ3n) is 12.0. The largest absolute Gasteiger partial charge is 0.493 e. The topological polar surface area (TPSA) is 451 Å². The van der Waals surface area contributed by atoms with Crippen LogP contribution in [0, 0.1) is 0 Å². The van der Waals surface area contributed by atoms with Gasteiger partial charge in [-0.3, -0.25) is 0 Å². The predicted molar refractivity (Wildman–Crippen MR) is 197 cm³/mol. The molecule has 5 saturated heterocycles. The predicted octanol–water partition coefficient (Wildman–Crippen LogP) is -11.3. The van der Waals surface area contributed by atoms with E-state index in [1.54, 1.807) is 0 Å². The lowest BCUT2D eigenvalue weighted by Crippen LogP contribution is -2.69. The second kappa shape index (κ2) is 22.3. The van der Waals surface area contributed by atoms with Gasteiger partial charge >= 0.3 is 0 Å². The maximum absolute atomic E-state index is 11.5. The highest BCUT2D eigenvalue weighted by Gasteiger charge is 2.57. The van der Waals surface area contributed by atoms with Gasteiger partial charge in [0.1, 0.15) is 128 Å². The van der Waals surface area contributed by atoms with Crippen LogP contribution < -0.4 is 5.73 Å². The van der Waals surface area contributed by atoms with E-state index in [0.29, 0.717) is 0 Å². The summed E-state index contributed by atoms with van der Waals surface area (Å²) in [6.07, 6.45) is -44.3. The SMILES string of the molecule is CC1O[C@@H](OC2C(O)[C@@H](O)C(CO)O[C@H]2OC2C(N)[C@H](OC3C(O)[C@H](O[C@H]4C(CO)O[C@@H](O[C@H]5C(O)C=COC5CO)C(O)C4O)OC(CO)[C@@H]3O)OC(CO)[C@@H]2O)C(O)C(O)[C@H]1O. The van der Waals surface area contributed by atoms with Crippen LogP contribution in [0.5, 0.6) is 0 Å². The Morgan fingerprint density at radius 1 is 0.391 bits per heavy atom. The van der Waals surface area contributed by atoms with E-state index in [1.807, 2.05) is 0 Å². The summed E-state index contributed by atoms with van der Waals surface area (Å²) in [4.78, 5) is 0. The molecular formula is C36H61NO27. The molecule has 0 aliphatic carbocycles. The number of aliphatic hydroxyl groups is 16. The molecule has 6 heterocycles. The summed E-state index contributed by atoms with van der Waals surface area (Å²) in [6.45, 7) is -2.96. The maximum atomic E-state index is 11.5. The Morgan fingerprint density at radius 2 is 0.828 bits per heavy atom. The average molecular weight is 940 g/mol. The fourth-order valence-corrected chi connectivity index (χ4v) is 8.20. The fourth-order valence-electron chi connectivity index (χ4n) is 8.20. The zero-order chi connectivity index (χ0) is 46.9. The molecule has 0 aromatic carbocycles. The fraction of sp³-hybridized carbons (Fsp3) is 0.944. The van der Waals surface area contributed by atoms with Crippen molar-refractivity contribution in [2.45, 2.75) is 179 Å². The van der Waals surface area contributed by atoms with Crippen molar-refractivity contribution in [2.24, 2.45) is 5.73 Å². The van der Waals surface area contributed by atoms with E-state index in [0.717, 1.165) is 6.26 Å². The van der Waals surface area contributed by atoms with Gasteiger partial charge in [-0.1, -0.05) is 0 Å². The first-order chi connectivity index (χ1) is 30.4. The number of aliphatic hydroxyl groups excluding tert-OH is 16. The van der Waals surface area contributed by atoms with E-state index in [9.17, 15) is 81.7 Å². The number of rotatable bonds is 15. The molecule has 5 fully saturated rings. The molecule has 0 spiro atoms. The van der Waals surface area contributed by atoms with Gasteiger partial charge in [-0.05, 0) is 13.0 Å². The molecule has 28 nitrogen and oxygen atoms in total. The quantitative estimate of drug-likeness (QED) is 0.0725. The van der Waals surface area contributed by atoms with Crippen molar-refractivity contribution in [1.82, 2.24) is 0 Å². The maximum Gasteiger partial charge on any atom is 0.187 e. The summed E-state index contributed by atoms with van der Waals surface area (Å²) in [5.41, 5.74) is 6.48. The Kier molecular flexibility index (Phi) is 18.0. The van der Waals surface area contributed by atoms with Crippen LogP contribution in [-0.2, 0) is 52.1 Å². The Morgan fingerprint density at radius 3 is 1.45 bits per heavy atom. The van der Waals surface area contributed by atoms with Gasteiger partial charge in [-0.2, -0.15) is 0 Å². The lowest BCUT2D eigenvalue weighted by Gasteiger charge is -2.50. The molecule has 28 heteroatoms. The van der Waals surface area contributed by atoms with Crippen LogP contribution >= 0.6 is 0 Å². The summed E-state index contributed by atoms with van der Waals surface area (Å²) in [5, 5.41) is 170. The molecule has 0 radical (unpaired) electrons. The molecule has 0 bridgehead atoms. The van der Waals surface area contributed by atoms with Crippen LogP contribution in [0.15, 0.2) is 12.3 Å². The lowest BCUT2D eigenvalue weighted by atomic mass is 9.94. The van der Waals surface area contributed by atoms with Crippen LogP contribution in [-0.4, -0.2) is 287 Å². The van der Waals surface area contributed by atoms with E-state index in [2.05, 4.69) is 0 Å². The highest BCUT2D eigenvalue weighted by atomic mass is 16.8. The van der Waals surface area contributed by atoms with E-state index >= 15 is 0 Å². The number of hydrogen-bond acceptors (Lipinski definition) is 28. The molecule has 18 N–H and O–H groups in total. The molecule has 6 rings (SSSR count). The molecule has 0 amide bonds. The molecule has 6 aliphatic rings. The standard InChI is InChI=1S/C36H61NO27/c1-9-17(44)21(48)24(51)33(55-9)64-31-22(49)18(45)11(4-38)58-36(31)62-29-16(37)32(56-12(5-39)19(29)46)63-30-20(47)13(6-40)57-35(26(30)53)61-28-15(8-42)59-34(25(52)23(28)50)60-27-10(43)2-3-54-14(27)7-41/h2-3,9-36,38-53H,4-8,37H2,1H3/t9?,10?,11?,12?,13?,14?,15?,16?,17-,18-,19-,20-,21?,22?,23?,24?,25?,26?,27-,28-,29?,30?,31?,32-,33-,34-,35-,36-/m0/s1. The second-order valence-corrected chi connectivity index (χ2v) is 16.3. The Balaban J connectivity index is 1.18. The van der Waals surface area contributed by atoms with Crippen molar-refractivity contribution >= 4 is 0 Å². The molecule has 0 aromatic heterocycles. The van der Waals surface area contributed by atoms with Crippen LogP contribution in [0.1, 0.15) is 6.92 Å². The Labute approximate surface area is 363 Å². The summed E-state index contributed by atoms with van der Waals surface area (Å²) >= 11 is 0. The van der Waals surface area contributed by atoms with Crippen LogP contribution in [0.4, 0.5) is 0 Å². The van der Waals surface area contributed by atoms with Crippen molar-refractivity contribution in [1.29, 1.82) is 0 Å². The molecule has 64 heavy (non-hydrogen) atoms. The molecule has 0 saturated carbocycles. The van der Waals surface area contributed by atoms with Gasteiger partial charge in [0.2, 0.25) is 0 Å². The first kappa shape index (κ1) is 51.8.